The van der Waals surface area contributed by atoms with Crippen molar-refractivity contribution >= 4 is 11.9 Å². The molecule has 4 N–H and O–H groups in total. The second-order valence-corrected chi connectivity index (χ2v) is 7.06. The van der Waals surface area contributed by atoms with Crippen molar-refractivity contribution in [1.29, 1.82) is 0 Å². The summed E-state index contributed by atoms with van der Waals surface area (Å²) >= 11 is 0. The minimum absolute atomic E-state index is 0.0595. The van der Waals surface area contributed by atoms with Gasteiger partial charge in [0.15, 0.2) is 0 Å². The van der Waals surface area contributed by atoms with Crippen molar-refractivity contribution in [3.05, 3.63) is 12.2 Å². The first-order valence-corrected chi connectivity index (χ1v) is 10.5. The van der Waals surface area contributed by atoms with Crippen LogP contribution in [-0.2, 0) is 9.59 Å². The van der Waals surface area contributed by atoms with E-state index < -0.39 is 12.0 Å². The molecule has 0 spiro atoms. The number of carbonyl (C=O) groups is 2. The monoisotopic (exact) mass is 368 g/mol. The number of carbonyl (C=O) groups excluding carboxylic acids is 1. The zero-order chi connectivity index (χ0) is 19.5. The van der Waals surface area contributed by atoms with Crippen LogP contribution in [0.4, 0.5) is 0 Å². The topological polar surface area (TPSA) is 92.4 Å². The molecule has 1 atom stereocenters. The molecule has 0 aromatic heterocycles. The molecular formula is C21H40N2O3. The van der Waals surface area contributed by atoms with Gasteiger partial charge < -0.3 is 16.2 Å². The zero-order valence-electron chi connectivity index (χ0n) is 16.7. The molecule has 0 aliphatic heterocycles. The van der Waals surface area contributed by atoms with E-state index in [4.69, 9.17) is 10.8 Å². The van der Waals surface area contributed by atoms with Gasteiger partial charge in [-0.3, -0.25) is 9.59 Å². The number of aliphatic carboxylic acids is 1. The van der Waals surface area contributed by atoms with E-state index in [0.717, 1.165) is 19.3 Å². The summed E-state index contributed by atoms with van der Waals surface area (Å²) < 4.78 is 0. The van der Waals surface area contributed by atoms with Crippen molar-refractivity contribution in [3.63, 3.8) is 0 Å². The zero-order valence-corrected chi connectivity index (χ0v) is 16.7. The van der Waals surface area contributed by atoms with Crippen LogP contribution in [0.1, 0.15) is 96.8 Å². The normalized spacial score (nSPS) is 12.4. The molecule has 152 valence electrons. The molecule has 0 aliphatic carbocycles. The van der Waals surface area contributed by atoms with Crippen LogP contribution in [0.15, 0.2) is 12.2 Å². The van der Waals surface area contributed by atoms with Crippen LogP contribution < -0.4 is 11.1 Å². The van der Waals surface area contributed by atoms with Crippen molar-refractivity contribution in [2.45, 2.75) is 103 Å². The van der Waals surface area contributed by atoms with Crippen LogP contribution in [0, 0.1) is 0 Å². The SMILES string of the molecule is CCCCCCCCCC/C=C/CCC(=O)NCCCC[C@H](N)C(=O)O. The first kappa shape index (κ1) is 24.6. The summed E-state index contributed by atoms with van der Waals surface area (Å²) in [6.45, 7) is 2.84. The van der Waals surface area contributed by atoms with Crippen LogP contribution in [-0.4, -0.2) is 29.6 Å². The van der Waals surface area contributed by atoms with Gasteiger partial charge in [0.25, 0.3) is 0 Å². The number of carboxylic acids is 1. The lowest BCUT2D eigenvalue weighted by molar-refractivity contribution is -0.138. The summed E-state index contributed by atoms with van der Waals surface area (Å²) in [4.78, 5) is 22.2. The third-order valence-electron chi connectivity index (χ3n) is 4.51. The number of allylic oxidation sites excluding steroid dienone is 2. The molecule has 0 fully saturated rings. The lowest BCUT2D eigenvalue weighted by atomic mass is 10.1. The van der Waals surface area contributed by atoms with Gasteiger partial charge in [0.2, 0.25) is 5.91 Å². The quantitative estimate of drug-likeness (QED) is 0.244. The first-order chi connectivity index (χ1) is 12.6. The van der Waals surface area contributed by atoms with E-state index in [0.29, 0.717) is 25.8 Å². The molecule has 0 rings (SSSR count). The van der Waals surface area contributed by atoms with Gasteiger partial charge in [0.1, 0.15) is 6.04 Å². The molecule has 0 heterocycles. The standard InChI is InChI=1S/C21H40N2O3/c1-2-3-4-5-6-7-8-9-10-11-12-13-17-20(24)23-18-15-14-16-19(22)21(25)26/h11-12,19H,2-10,13-18,22H2,1H3,(H,23,24)(H,25,26)/b12-11+/t19-/m0/s1. The Morgan fingerprint density at radius 2 is 1.54 bits per heavy atom. The number of amides is 1. The fourth-order valence-corrected chi connectivity index (χ4v) is 2.78. The van der Waals surface area contributed by atoms with Gasteiger partial charge in [-0.25, -0.2) is 0 Å². The minimum Gasteiger partial charge on any atom is -0.480 e. The Labute approximate surface area is 159 Å². The number of hydrogen-bond acceptors (Lipinski definition) is 3. The van der Waals surface area contributed by atoms with Gasteiger partial charge in [-0.1, -0.05) is 64.0 Å². The van der Waals surface area contributed by atoms with E-state index in [1.54, 1.807) is 0 Å². The lowest BCUT2D eigenvalue weighted by Crippen LogP contribution is -2.30. The van der Waals surface area contributed by atoms with Gasteiger partial charge in [-0.05, 0) is 38.5 Å². The second-order valence-electron chi connectivity index (χ2n) is 7.06. The summed E-state index contributed by atoms with van der Waals surface area (Å²) in [5, 5.41) is 11.5. The molecule has 0 aliphatic rings. The van der Waals surface area contributed by atoms with Crippen LogP contribution in [0.3, 0.4) is 0 Å². The Hall–Kier alpha value is -1.36. The first-order valence-electron chi connectivity index (χ1n) is 10.5. The van der Waals surface area contributed by atoms with E-state index in [1.165, 1.54) is 51.4 Å². The molecule has 5 nitrogen and oxygen atoms in total. The minimum atomic E-state index is -0.965. The maximum Gasteiger partial charge on any atom is 0.320 e. The Morgan fingerprint density at radius 3 is 2.19 bits per heavy atom. The molecular weight excluding hydrogens is 328 g/mol. The number of unbranched alkanes of at least 4 members (excludes halogenated alkanes) is 9. The second kappa shape index (κ2) is 18.4. The molecule has 26 heavy (non-hydrogen) atoms. The average molecular weight is 369 g/mol. The fourth-order valence-electron chi connectivity index (χ4n) is 2.78. The van der Waals surface area contributed by atoms with Crippen LogP contribution in [0.2, 0.25) is 0 Å². The fraction of sp³-hybridized carbons (Fsp3) is 0.810. The summed E-state index contributed by atoms with van der Waals surface area (Å²) in [6, 6.07) is -0.795. The molecule has 0 bridgehead atoms. The number of hydrogen-bond donors (Lipinski definition) is 3. The molecule has 0 aromatic rings. The Balaban J connectivity index is 3.34. The molecule has 0 saturated heterocycles. The number of nitrogens with one attached hydrogen (secondary N) is 1. The van der Waals surface area contributed by atoms with Crippen LogP contribution in [0.5, 0.6) is 0 Å². The average Bonchev–Trinajstić information content (AvgIpc) is 2.62. The van der Waals surface area contributed by atoms with E-state index in [2.05, 4.69) is 24.4 Å². The maximum atomic E-state index is 11.7. The summed E-state index contributed by atoms with van der Waals surface area (Å²) in [5.41, 5.74) is 5.42. The smallest absolute Gasteiger partial charge is 0.320 e. The Bertz CT molecular complexity index is 383. The molecule has 0 saturated carbocycles. The van der Waals surface area contributed by atoms with Crippen molar-refractivity contribution < 1.29 is 14.7 Å². The van der Waals surface area contributed by atoms with Gasteiger partial charge in [0.05, 0.1) is 0 Å². The van der Waals surface area contributed by atoms with E-state index in [1.807, 2.05) is 0 Å². The highest BCUT2D eigenvalue weighted by Gasteiger charge is 2.10. The third kappa shape index (κ3) is 17.5. The number of nitrogens with two attached hydrogens (primary N) is 1. The summed E-state index contributed by atoms with van der Waals surface area (Å²) in [5.74, 6) is -0.906. The molecule has 0 radical (unpaired) electrons. The highest BCUT2D eigenvalue weighted by Crippen LogP contribution is 2.10. The van der Waals surface area contributed by atoms with Crippen LogP contribution in [0.25, 0.3) is 0 Å². The van der Waals surface area contributed by atoms with Gasteiger partial charge in [-0.15, -0.1) is 0 Å². The van der Waals surface area contributed by atoms with Crippen molar-refractivity contribution in [3.8, 4) is 0 Å². The van der Waals surface area contributed by atoms with E-state index >= 15 is 0 Å². The van der Waals surface area contributed by atoms with E-state index in [-0.39, 0.29) is 5.91 Å². The molecule has 1 amide bonds. The van der Waals surface area contributed by atoms with Crippen molar-refractivity contribution in [2.24, 2.45) is 5.73 Å². The highest BCUT2D eigenvalue weighted by molar-refractivity contribution is 5.75. The Morgan fingerprint density at radius 1 is 0.923 bits per heavy atom. The van der Waals surface area contributed by atoms with Crippen molar-refractivity contribution in [2.75, 3.05) is 6.54 Å². The molecule has 5 heteroatoms. The number of rotatable bonds is 18. The predicted molar refractivity (Wildman–Crippen MR) is 108 cm³/mol. The van der Waals surface area contributed by atoms with Crippen molar-refractivity contribution in [1.82, 2.24) is 5.32 Å². The summed E-state index contributed by atoms with van der Waals surface area (Å²) in [7, 11) is 0. The largest absolute Gasteiger partial charge is 0.480 e. The lowest BCUT2D eigenvalue weighted by Gasteiger charge is -2.06. The molecule has 0 aromatic carbocycles. The third-order valence-corrected chi connectivity index (χ3v) is 4.51. The Kier molecular flexibility index (Phi) is 17.5. The van der Waals surface area contributed by atoms with E-state index in [9.17, 15) is 9.59 Å². The van der Waals surface area contributed by atoms with Gasteiger partial charge in [0, 0.05) is 13.0 Å². The number of carboxylic acid groups (broad SMARTS) is 1. The maximum absolute atomic E-state index is 11.7. The van der Waals surface area contributed by atoms with Gasteiger partial charge >= 0.3 is 5.97 Å². The van der Waals surface area contributed by atoms with Gasteiger partial charge in [-0.2, -0.15) is 0 Å². The highest BCUT2D eigenvalue weighted by atomic mass is 16.4. The molecule has 0 unspecified atom stereocenters. The summed E-state index contributed by atoms with van der Waals surface area (Å²) in [6.07, 6.45) is 19.3. The van der Waals surface area contributed by atoms with Crippen LogP contribution >= 0.6 is 0 Å². The predicted octanol–water partition coefficient (Wildman–Crippen LogP) is 4.55.